The number of nitrogens with one attached hydrogen (secondary N) is 1. The van der Waals surface area contributed by atoms with Crippen molar-refractivity contribution in [3.8, 4) is 0 Å². The Labute approximate surface area is 120 Å². The van der Waals surface area contributed by atoms with Gasteiger partial charge in [0.05, 0.1) is 5.75 Å². The normalized spacial score (nSPS) is 12.1. The molecule has 1 aromatic carbocycles. The van der Waals surface area contributed by atoms with Gasteiger partial charge in [-0.25, -0.2) is 8.42 Å². The number of nitrogens with zero attached hydrogens (tertiary/aromatic N) is 1. The van der Waals surface area contributed by atoms with Crippen LogP contribution in [0, 0.1) is 0 Å². The topological polar surface area (TPSA) is 51.1 Å². The van der Waals surface area contributed by atoms with Crippen LogP contribution in [0.15, 0.2) is 30.5 Å². The summed E-state index contributed by atoms with van der Waals surface area (Å²) < 4.78 is 25.2. The maximum atomic E-state index is 11.5. The van der Waals surface area contributed by atoms with E-state index in [1.54, 1.807) is 6.92 Å². The molecule has 0 bridgehead atoms. The fourth-order valence-corrected chi connectivity index (χ4v) is 3.20. The second-order valence-corrected chi connectivity index (χ2v) is 7.50. The quantitative estimate of drug-likeness (QED) is 0.851. The Morgan fingerprint density at radius 1 is 1.25 bits per heavy atom. The molecule has 0 saturated heterocycles. The molecule has 0 unspecified atom stereocenters. The first-order chi connectivity index (χ1) is 9.55. The minimum atomic E-state index is -2.87. The molecule has 4 nitrogen and oxygen atoms in total. The largest absolute Gasteiger partial charge is 0.347 e. The van der Waals surface area contributed by atoms with Crippen LogP contribution in [0.1, 0.15) is 18.9 Å². The van der Waals surface area contributed by atoms with Gasteiger partial charge in [-0.05, 0) is 36.6 Å². The van der Waals surface area contributed by atoms with Crippen LogP contribution in [0.25, 0.3) is 10.9 Å². The molecule has 0 aliphatic heterocycles. The molecule has 0 aliphatic carbocycles. The summed E-state index contributed by atoms with van der Waals surface area (Å²) in [5, 5.41) is 4.34. The van der Waals surface area contributed by atoms with Gasteiger partial charge in [0.25, 0.3) is 0 Å². The third kappa shape index (κ3) is 3.61. The molecule has 5 heteroatoms. The summed E-state index contributed by atoms with van der Waals surface area (Å²) in [7, 11) is -0.937. The maximum absolute atomic E-state index is 11.5. The van der Waals surface area contributed by atoms with E-state index in [0.29, 0.717) is 6.42 Å². The smallest absolute Gasteiger partial charge is 0.150 e. The van der Waals surface area contributed by atoms with Crippen molar-refractivity contribution >= 4 is 20.7 Å². The molecule has 2 aromatic rings. The Bertz CT molecular complexity index is 674. The molecule has 1 aromatic heterocycles. The van der Waals surface area contributed by atoms with Crippen molar-refractivity contribution in [3.63, 3.8) is 0 Å². The van der Waals surface area contributed by atoms with Gasteiger partial charge in [-0.2, -0.15) is 0 Å². The molecule has 0 amide bonds. The fraction of sp³-hybridized carbons (Fsp3) is 0.467. The van der Waals surface area contributed by atoms with Gasteiger partial charge < -0.3 is 9.88 Å². The highest BCUT2D eigenvalue weighted by Crippen LogP contribution is 2.18. The predicted molar refractivity (Wildman–Crippen MR) is 83.6 cm³/mol. The molecule has 0 spiro atoms. The summed E-state index contributed by atoms with van der Waals surface area (Å²) in [6.07, 6.45) is 2.70. The monoisotopic (exact) mass is 294 g/mol. The van der Waals surface area contributed by atoms with Crippen LogP contribution < -0.4 is 5.32 Å². The van der Waals surface area contributed by atoms with Gasteiger partial charge in [0, 0.05) is 30.6 Å². The number of aromatic nitrogens is 1. The first-order valence-corrected chi connectivity index (χ1v) is 8.80. The van der Waals surface area contributed by atoms with E-state index in [4.69, 9.17) is 0 Å². The Morgan fingerprint density at radius 3 is 2.75 bits per heavy atom. The molecule has 1 heterocycles. The number of fused-ring (bicyclic) bond motifs is 1. The van der Waals surface area contributed by atoms with Crippen LogP contribution in [-0.4, -0.2) is 31.5 Å². The molecule has 0 radical (unpaired) electrons. The average Bonchev–Trinajstić information content (AvgIpc) is 2.82. The van der Waals surface area contributed by atoms with E-state index in [-0.39, 0.29) is 11.5 Å². The summed E-state index contributed by atoms with van der Waals surface area (Å²) in [4.78, 5) is 0. The molecule has 0 aliphatic rings. The molecule has 0 atom stereocenters. The Morgan fingerprint density at radius 2 is 2.05 bits per heavy atom. The third-order valence-corrected chi connectivity index (χ3v) is 5.30. The zero-order chi connectivity index (χ0) is 14.6. The Kier molecular flexibility index (Phi) is 4.83. The number of hydrogen-bond donors (Lipinski definition) is 1. The Hall–Kier alpha value is -1.33. The van der Waals surface area contributed by atoms with Crippen molar-refractivity contribution in [2.24, 2.45) is 0 Å². The average molecular weight is 294 g/mol. The minimum Gasteiger partial charge on any atom is -0.347 e. The van der Waals surface area contributed by atoms with E-state index in [1.807, 2.05) is 13.2 Å². The van der Waals surface area contributed by atoms with Crippen LogP contribution in [0.3, 0.4) is 0 Å². The van der Waals surface area contributed by atoms with E-state index in [9.17, 15) is 8.42 Å². The number of aryl methyl sites for hydroxylation is 1. The lowest BCUT2D eigenvalue weighted by molar-refractivity contribution is 0.589. The van der Waals surface area contributed by atoms with Crippen LogP contribution >= 0.6 is 0 Å². The molecule has 20 heavy (non-hydrogen) atoms. The SMILES string of the molecule is CCS(=O)(=O)CCCn1ccc2ccc(CNC)cc21. The first-order valence-electron chi connectivity index (χ1n) is 6.98. The lowest BCUT2D eigenvalue weighted by Crippen LogP contribution is -2.11. The van der Waals surface area contributed by atoms with Gasteiger partial charge in [0.15, 0.2) is 0 Å². The second kappa shape index (κ2) is 6.41. The summed E-state index contributed by atoms with van der Waals surface area (Å²) in [6, 6.07) is 8.47. The van der Waals surface area contributed by atoms with E-state index in [2.05, 4.69) is 34.1 Å². The molecule has 110 valence electrons. The number of rotatable bonds is 7. The molecular weight excluding hydrogens is 272 g/mol. The van der Waals surface area contributed by atoms with E-state index < -0.39 is 9.84 Å². The predicted octanol–water partition coefficient (Wildman–Crippen LogP) is 2.19. The summed E-state index contributed by atoms with van der Waals surface area (Å²) in [5.74, 6) is 0.491. The van der Waals surface area contributed by atoms with Gasteiger partial charge in [-0.1, -0.05) is 19.1 Å². The molecule has 2 rings (SSSR count). The maximum Gasteiger partial charge on any atom is 0.150 e. The van der Waals surface area contributed by atoms with Gasteiger partial charge in [-0.3, -0.25) is 0 Å². The molecular formula is C15H22N2O2S. The van der Waals surface area contributed by atoms with E-state index >= 15 is 0 Å². The van der Waals surface area contributed by atoms with Gasteiger partial charge >= 0.3 is 0 Å². The van der Waals surface area contributed by atoms with Gasteiger partial charge in [-0.15, -0.1) is 0 Å². The lowest BCUT2D eigenvalue weighted by atomic mass is 10.1. The van der Waals surface area contributed by atoms with Crippen molar-refractivity contribution in [2.75, 3.05) is 18.6 Å². The first kappa shape index (κ1) is 15.1. The highest BCUT2D eigenvalue weighted by atomic mass is 32.2. The molecule has 1 N–H and O–H groups in total. The highest BCUT2D eigenvalue weighted by molar-refractivity contribution is 7.91. The van der Waals surface area contributed by atoms with E-state index in [0.717, 1.165) is 13.1 Å². The number of hydrogen-bond acceptors (Lipinski definition) is 3. The van der Waals surface area contributed by atoms with Crippen molar-refractivity contribution in [3.05, 3.63) is 36.0 Å². The minimum absolute atomic E-state index is 0.228. The second-order valence-electron chi connectivity index (χ2n) is 5.02. The molecule has 0 fully saturated rings. The highest BCUT2D eigenvalue weighted by Gasteiger charge is 2.08. The van der Waals surface area contributed by atoms with Crippen molar-refractivity contribution < 1.29 is 8.42 Å². The summed E-state index contributed by atoms with van der Waals surface area (Å²) in [5.41, 5.74) is 2.41. The standard InChI is InChI=1S/C15H22N2O2S/c1-3-20(18,19)10-4-8-17-9-7-14-6-5-13(12-16-2)11-15(14)17/h5-7,9,11,16H,3-4,8,10,12H2,1-2H3. The number of benzene rings is 1. The number of sulfone groups is 1. The zero-order valence-electron chi connectivity index (χ0n) is 12.1. The van der Waals surface area contributed by atoms with Crippen molar-refractivity contribution in [2.45, 2.75) is 26.4 Å². The van der Waals surface area contributed by atoms with Gasteiger partial charge in [0.1, 0.15) is 9.84 Å². The molecule has 0 saturated carbocycles. The van der Waals surface area contributed by atoms with Crippen molar-refractivity contribution in [1.29, 1.82) is 0 Å². The zero-order valence-corrected chi connectivity index (χ0v) is 12.9. The van der Waals surface area contributed by atoms with Crippen LogP contribution in [0.5, 0.6) is 0 Å². The van der Waals surface area contributed by atoms with Crippen LogP contribution in [0.4, 0.5) is 0 Å². The lowest BCUT2D eigenvalue weighted by Gasteiger charge is -2.07. The summed E-state index contributed by atoms with van der Waals surface area (Å²) >= 11 is 0. The van der Waals surface area contributed by atoms with Gasteiger partial charge in [0.2, 0.25) is 0 Å². The van der Waals surface area contributed by atoms with Crippen LogP contribution in [-0.2, 0) is 22.9 Å². The summed E-state index contributed by atoms with van der Waals surface area (Å²) in [6.45, 7) is 3.28. The van der Waals surface area contributed by atoms with Crippen LogP contribution in [0.2, 0.25) is 0 Å². The third-order valence-electron chi connectivity index (χ3n) is 3.51. The van der Waals surface area contributed by atoms with E-state index in [1.165, 1.54) is 16.5 Å². The fourth-order valence-electron chi connectivity index (χ4n) is 2.34. The van der Waals surface area contributed by atoms with Crippen molar-refractivity contribution in [1.82, 2.24) is 9.88 Å². The Balaban J connectivity index is 2.12.